The highest BCUT2D eigenvalue weighted by molar-refractivity contribution is 7.98. The van der Waals surface area contributed by atoms with Gasteiger partial charge in [-0.1, -0.05) is 36.0 Å². The molecule has 0 aliphatic heterocycles. The van der Waals surface area contributed by atoms with Crippen LogP contribution in [0, 0.1) is 5.82 Å². The summed E-state index contributed by atoms with van der Waals surface area (Å²) in [4.78, 5) is 12.4. The van der Waals surface area contributed by atoms with E-state index in [0.717, 1.165) is 41.4 Å². The van der Waals surface area contributed by atoms with E-state index in [-0.39, 0.29) is 17.8 Å². The first-order chi connectivity index (χ1) is 15.1. The molecule has 8 heteroatoms. The van der Waals surface area contributed by atoms with E-state index < -0.39 is 0 Å². The van der Waals surface area contributed by atoms with E-state index in [1.165, 1.54) is 23.9 Å². The number of carbonyl (C=O) groups excluding carboxylic acids is 1. The summed E-state index contributed by atoms with van der Waals surface area (Å²) < 4.78 is 20.8. The third kappa shape index (κ3) is 6.77. The SMILES string of the molecule is C=CCn1c(CCC(=O)NCC2=CCCCC2OC)nnc1SCc1cccc(F)c1. The molecule has 1 atom stereocenters. The van der Waals surface area contributed by atoms with E-state index in [1.54, 1.807) is 19.3 Å². The summed E-state index contributed by atoms with van der Waals surface area (Å²) in [5, 5.41) is 12.3. The largest absolute Gasteiger partial charge is 0.377 e. The van der Waals surface area contributed by atoms with E-state index in [9.17, 15) is 9.18 Å². The number of allylic oxidation sites excluding steroid dienone is 2. The second-order valence-corrected chi connectivity index (χ2v) is 8.37. The molecular formula is C23H29FN4O2S. The van der Waals surface area contributed by atoms with Crippen molar-refractivity contribution >= 4 is 17.7 Å². The van der Waals surface area contributed by atoms with Gasteiger partial charge in [0.25, 0.3) is 0 Å². The van der Waals surface area contributed by atoms with E-state index in [4.69, 9.17) is 4.74 Å². The lowest BCUT2D eigenvalue weighted by Gasteiger charge is -2.23. The van der Waals surface area contributed by atoms with Gasteiger partial charge in [0.1, 0.15) is 11.6 Å². The lowest BCUT2D eigenvalue weighted by atomic mass is 9.96. The number of nitrogens with zero attached hydrogens (tertiary/aromatic N) is 3. The van der Waals surface area contributed by atoms with Crippen molar-refractivity contribution in [3.05, 3.63) is 65.8 Å². The van der Waals surface area contributed by atoms with Crippen molar-refractivity contribution in [1.29, 1.82) is 0 Å². The van der Waals surface area contributed by atoms with Crippen LogP contribution in [0.25, 0.3) is 0 Å². The van der Waals surface area contributed by atoms with E-state index in [1.807, 2.05) is 10.6 Å². The molecule has 0 saturated heterocycles. The quantitative estimate of drug-likeness (QED) is 0.418. The van der Waals surface area contributed by atoms with Crippen LogP contribution in [0.15, 0.2) is 53.7 Å². The first-order valence-corrected chi connectivity index (χ1v) is 11.5. The number of rotatable bonds is 11. The Morgan fingerprint density at radius 3 is 3.10 bits per heavy atom. The molecule has 1 amide bonds. The van der Waals surface area contributed by atoms with E-state index in [2.05, 4.69) is 28.2 Å². The second kappa shape index (κ2) is 11.8. The van der Waals surface area contributed by atoms with Crippen molar-refractivity contribution in [2.24, 2.45) is 0 Å². The van der Waals surface area contributed by atoms with Crippen molar-refractivity contribution in [3.8, 4) is 0 Å². The molecule has 166 valence electrons. The molecule has 1 unspecified atom stereocenters. The van der Waals surface area contributed by atoms with Crippen molar-refractivity contribution in [2.45, 2.75) is 55.7 Å². The molecular weight excluding hydrogens is 415 g/mol. The fourth-order valence-electron chi connectivity index (χ4n) is 3.57. The third-order valence-electron chi connectivity index (χ3n) is 5.20. The minimum Gasteiger partial charge on any atom is -0.377 e. The van der Waals surface area contributed by atoms with E-state index in [0.29, 0.717) is 31.7 Å². The predicted octanol–water partition coefficient (Wildman–Crippen LogP) is 4.07. The Morgan fingerprint density at radius 2 is 2.32 bits per heavy atom. The lowest BCUT2D eigenvalue weighted by Crippen LogP contribution is -2.31. The number of nitrogens with one attached hydrogen (secondary N) is 1. The van der Waals surface area contributed by atoms with E-state index >= 15 is 0 Å². The first-order valence-electron chi connectivity index (χ1n) is 10.5. The Morgan fingerprint density at radius 1 is 1.45 bits per heavy atom. The molecule has 31 heavy (non-hydrogen) atoms. The van der Waals surface area contributed by atoms with Crippen LogP contribution in [0.4, 0.5) is 4.39 Å². The molecule has 1 heterocycles. The maximum Gasteiger partial charge on any atom is 0.220 e. The molecule has 0 fully saturated rings. The predicted molar refractivity (Wildman–Crippen MR) is 120 cm³/mol. The number of aromatic nitrogens is 3. The second-order valence-electron chi connectivity index (χ2n) is 7.43. The monoisotopic (exact) mass is 444 g/mol. The molecule has 1 N–H and O–H groups in total. The average molecular weight is 445 g/mol. The van der Waals surface area contributed by atoms with Gasteiger partial charge in [-0.2, -0.15) is 0 Å². The van der Waals surface area contributed by atoms with Gasteiger partial charge < -0.3 is 14.6 Å². The van der Waals surface area contributed by atoms with Gasteiger partial charge in [0.05, 0.1) is 6.10 Å². The lowest BCUT2D eigenvalue weighted by molar-refractivity contribution is -0.120. The molecule has 0 spiro atoms. The van der Waals surface area contributed by atoms with Crippen molar-refractivity contribution in [2.75, 3.05) is 13.7 Å². The maximum absolute atomic E-state index is 13.4. The first kappa shape index (κ1) is 23.2. The summed E-state index contributed by atoms with van der Waals surface area (Å²) in [6.45, 7) is 4.88. The smallest absolute Gasteiger partial charge is 0.220 e. The molecule has 0 saturated carbocycles. The zero-order valence-electron chi connectivity index (χ0n) is 17.8. The molecule has 1 aliphatic carbocycles. The highest BCUT2D eigenvalue weighted by atomic mass is 32.2. The molecule has 0 radical (unpaired) electrons. The van der Waals surface area contributed by atoms with Gasteiger partial charge >= 0.3 is 0 Å². The summed E-state index contributed by atoms with van der Waals surface area (Å²) in [6, 6.07) is 6.52. The van der Waals surface area contributed by atoms with Crippen LogP contribution in [0.2, 0.25) is 0 Å². The zero-order chi connectivity index (χ0) is 22.1. The summed E-state index contributed by atoms with van der Waals surface area (Å²) >= 11 is 1.49. The summed E-state index contributed by atoms with van der Waals surface area (Å²) in [6.07, 6.45) is 8.01. The van der Waals surface area contributed by atoms with Crippen LogP contribution < -0.4 is 5.32 Å². The van der Waals surface area contributed by atoms with Crippen LogP contribution in [0.5, 0.6) is 0 Å². The van der Waals surface area contributed by atoms with Gasteiger partial charge in [-0.3, -0.25) is 4.79 Å². The number of thioether (sulfide) groups is 1. The molecule has 3 rings (SSSR count). The molecule has 2 aromatic rings. The number of methoxy groups -OCH3 is 1. The zero-order valence-corrected chi connectivity index (χ0v) is 18.7. The van der Waals surface area contributed by atoms with Gasteiger partial charge in [-0.25, -0.2) is 4.39 Å². The molecule has 1 aromatic heterocycles. The molecule has 0 bridgehead atoms. The number of halogens is 1. The number of carbonyl (C=O) groups is 1. The number of ether oxygens (including phenoxy) is 1. The Kier molecular flexibility index (Phi) is 8.85. The highest BCUT2D eigenvalue weighted by Crippen LogP contribution is 2.23. The topological polar surface area (TPSA) is 69.0 Å². The van der Waals surface area contributed by atoms with Crippen LogP contribution in [0.1, 0.15) is 37.1 Å². The standard InChI is InChI=1S/C23H29FN4O2S/c1-3-13-28-21(26-27-23(28)31-16-17-7-6-9-19(24)14-17)11-12-22(29)25-15-18-8-4-5-10-20(18)30-2/h3,6-9,14,20H,1,4-5,10-13,15-16H2,2H3,(H,25,29). The Balaban J connectivity index is 1.54. The number of hydrogen-bond donors (Lipinski definition) is 1. The number of benzene rings is 1. The van der Waals surface area contributed by atoms with Gasteiger partial charge in [0, 0.05) is 38.8 Å². The van der Waals surface area contributed by atoms with Gasteiger partial charge in [-0.15, -0.1) is 16.8 Å². The maximum atomic E-state index is 13.4. The number of aryl methyl sites for hydroxylation is 1. The normalized spacial score (nSPS) is 16.1. The van der Waals surface area contributed by atoms with Crippen molar-refractivity contribution in [3.63, 3.8) is 0 Å². The van der Waals surface area contributed by atoms with Gasteiger partial charge in [-0.05, 0) is 42.5 Å². The summed E-state index contributed by atoms with van der Waals surface area (Å²) in [5.74, 6) is 1.05. The summed E-state index contributed by atoms with van der Waals surface area (Å²) in [5.41, 5.74) is 2.03. The molecule has 6 nitrogen and oxygen atoms in total. The Labute approximate surface area is 187 Å². The highest BCUT2D eigenvalue weighted by Gasteiger charge is 2.18. The number of hydrogen-bond acceptors (Lipinski definition) is 5. The molecule has 1 aromatic carbocycles. The van der Waals surface area contributed by atoms with Gasteiger partial charge in [0.15, 0.2) is 5.16 Å². The number of amides is 1. The van der Waals surface area contributed by atoms with Gasteiger partial charge in [0.2, 0.25) is 5.91 Å². The Bertz CT molecular complexity index is 928. The van der Waals surface area contributed by atoms with Crippen LogP contribution in [-0.4, -0.2) is 40.4 Å². The van der Waals surface area contributed by atoms with Crippen molar-refractivity contribution in [1.82, 2.24) is 20.1 Å². The van der Waals surface area contributed by atoms with Crippen LogP contribution in [0.3, 0.4) is 0 Å². The Hall–Kier alpha value is -2.45. The average Bonchev–Trinajstić information content (AvgIpc) is 3.17. The molecule has 1 aliphatic rings. The van der Waals surface area contributed by atoms with Crippen LogP contribution >= 0.6 is 11.8 Å². The fraction of sp³-hybridized carbons (Fsp3) is 0.435. The fourth-order valence-corrected chi connectivity index (χ4v) is 4.48. The third-order valence-corrected chi connectivity index (χ3v) is 6.24. The summed E-state index contributed by atoms with van der Waals surface area (Å²) in [7, 11) is 1.71. The van der Waals surface area contributed by atoms with Crippen molar-refractivity contribution < 1.29 is 13.9 Å². The minimum absolute atomic E-state index is 0.0246. The van der Waals surface area contributed by atoms with Crippen LogP contribution in [-0.2, 0) is 28.2 Å². The minimum atomic E-state index is -0.252.